The van der Waals surface area contributed by atoms with E-state index in [2.05, 4.69) is 15.4 Å². The van der Waals surface area contributed by atoms with Gasteiger partial charge in [-0.2, -0.15) is 0 Å². The van der Waals surface area contributed by atoms with Gasteiger partial charge in [0.2, 0.25) is 0 Å². The molecule has 0 aliphatic carbocycles. The third kappa shape index (κ3) is 5.81. The number of carbonyl (C=O) groups is 2. The highest BCUT2D eigenvalue weighted by Crippen LogP contribution is 2.25. The van der Waals surface area contributed by atoms with E-state index in [-0.39, 0.29) is 5.92 Å². The maximum absolute atomic E-state index is 12.0. The number of methoxy groups -OCH3 is 1. The first-order chi connectivity index (χ1) is 9.83. The average Bonchev–Trinajstić information content (AvgIpc) is 2.40. The third-order valence-electron chi connectivity index (χ3n) is 2.67. The summed E-state index contributed by atoms with van der Waals surface area (Å²) in [6, 6.07) is 3.45. The lowest BCUT2D eigenvalue weighted by Crippen LogP contribution is -2.44. The van der Waals surface area contributed by atoms with Crippen LogP contribution in [0.15, 0.2) is 18.2 Å². The molecule has 116 valence electrons. The van der Waals surface area contributed by atoms with Crippen LogP contribution in [0.2, 0.25) is 10.0 Å². The Bertz CT molecular complexity index is 521. The molecule has 2 N–H and O–H groups in total. The largest absolute Gasteiger partial charge is 0.467 e. The Hall–Kier alpha value is -1.46. The van der Waals surface area contributed by atoms with Crippen molar-refractivity contribution in [1.82, 2.24) is 5.32 Å². The summed E-state index contributed by atoms with van der Waals surface area (Å²) in [5.74, 6) is -0.264. The summed E-state index contributed by atoms with van der Waals surface area (Å²) in [4.78, 5) is 23.6. The van der Waals surface area contributed by atoms with Crippen LogP contribution in [0.25, 0.3) is 0 Å². The first kappa shape index (κ1) is 17.6. The van der Waals surface area contributed by atoms with E-state index in [1.165, 1.54) is 13.2 Å². The number of esters is 1. The fraction of sp³-hybridized carbons (Fsp3) is 0.429. The molecule has 0 aromatic heterocycles. The SMILES string of the molecule is COC(=O)C(CC(C)C)NC(=O)Nc1cc(Cl)ccc1Cl. The summed E-state index contributed by atoms with van der Waals surface area (Å²) in [5.41, 5.74) is 0.370. The van der Waals surface area contributed by atoms with Crippen molar-refractivity contribution in [3.63, 3.8) is 0 Å². The van der Waals surface area contributed by atoms with Crippen molar-refractivity contribution in [2.75, 3.05) is 12.4 Å². The maximum atomic E-state index is 12.0. The second-order valence-corrected chi connectivity index (χ2v) is 5.77. The van der Waals surface area contributed by atoms with Crippen LogP contribution >= 0.6 is 23.2 Å². The Morgan fingerprint density at radius 2 is 1.95 bits per heavy atom. The number of ether oxygens (including phenoxy) is 1. The molecule has 1 unspecified atom stereocenters. The van der Waals surface area contributed by atoms with E-state index in [0.717, 1.165) is 0 Å². The number of anilines is 1. The summed E-state index contributed by atoms with van der Waals surface area (Å²) in [6.07, 6.45) is 0.476. The van der Waals surface area contributed by atoms with Gasteiger partial charge in [-0.15, -0.1) is 0 Å². The number of hydrogen-bond donors (Lipinski definition) is 2. The monoisotopic (exact) mass is 332 g/mol. The van der Waals surface area contributed by atoms with Gasteiger partial charge in [0.15, 0.2) is 0 Å². The predicted molar refractivity (Wildman–Crippen MR) is 83.9 cm³/mol. The Morgan fingerprint density at radius 3 is 2.52 bits per heavy atom. The molecule has 0 saturated heterocycles. The van der Waals surface area contributed by atoms with Crippen LogP contribution in [0.3, 0.4) is 0 Å². The van der Waals surface area contributed by atoms with E-state index in [1.54, 1.807) is 12.1 Å². The number of urea groups is 1. The number of nitrogens with one attached hydrogen (secondary N) is 2. The molecule has 1 aromatic rings. The van der Waals surface area contributed by atoms with E-state index < -0.39 is 18.0 Å². The van der Waals surface area contributed by atoms with Gasteiger partial charge in [-0.05, 0) is 30.5 Å². The predicted octanol–water partition coefficient (Wildman–Crippen LogP) is 3.70. The molecule has 1 aromatic carbocycles. The zero-order chi connectivity index (χ0) is 16.0. The zero-order valence-electron chi connectivity index (χ0n) is 12.1. The molecule has 0 radical (unpaired) electrons. The van der Waals surface area contributed by atoms with Crippen LogP contribution in [0.1, 0.15) is 20.3 Å². The molecule has 0 heterocycles. The van der Waals surface area contributed by atoms with Crippen molar-refractivity contribution in [2.45, 2.75) is 26.3 Å². The van der Waals surface area contributed by atoms with Crippen LogP contribution < -0.4 is 10.6 Å². The number of rotatable bonds is 5. The molecule has 1 atom stereocenters. The first-order valence-corrected chi connectivity index (χ1v) is 7.19. The Morgan fingerprint density at radius 1 is 1.29 bits per heavy atom. The minimum absolute atomic E-state index is 0.226. The molecule has 1 rings (SSSR count). The van der Waals surface area contributed by atoms with Gasteiger partial charge in [-0.3, -0.25) is 0 Å². The van der Waals surface area contributed by atoms with E-state index >= 15 is 0 Å². The third-order valence-corrected chi connectivity index (χ3v) is 3.24. The second kappa shape index (κ2) is 8.10. The Balaban J connectivity index is 2.73. The molecule has 0 aliphatic heterocycles. The van der Waals surface area contributed by atoms with Gasteiger partial charge in [0.05, 0.1) is 17.8 Å². The van der Waals surface area contributed by atoms with Gasteiger partial charge in [0.25, 0.3) is 0 Å². The van der Waals surface area contributed by atoms with Crippen LogP contribution in [-0.4, -0.2) is 25.2 Å². The zero-order valence-corrected chi connectivity index (χ0v) is 13.6. The highest BCUT2D eigenvalue weighted by atomic mass is 35.5. The molecule has 21 heavy (non-hydrogen) atoms. The van der Waals surface area contributed by atoms with E-state index in [0.29, 0.717) is 22.2 Å². The van der Waals surface area contributed by atoms with Gasteiger partial charge in [0.1, 0.15) is 6.04 Å². The summed E-state index contributed by atoms with van der Waals surface area (Å²) in [5, 5.41) is 5.93. The lowest BCUT2D eigenvalue weighted by Gasteiger charge is -2.19. The maximum Gasteiger partial charge on any atom is 0.328 e. The normalized spacial score (nSPS) is 11.9. The fourth-order valence-corrected chi connectivity index (χ4v) is 2.07. The van der Waals surface area contributed by atoms with Gasteiger partial charge in [-0.1, -0.05) is 37.0 Å². The highest BCUT2D eigenvalue weighted by molar-refractivity contribution is 6.35. The van der Waals surface area contributed by atoms with Gasteiger partial charge in [-0.25, -0.2) is 9.59 Å². The Kier molecular flexibility index (Phi) is 6.78. The number of amides is 2. The number of hydrogen-bond acceptors (Lipinski definition) is 3. The lowest BCUT2D eigenvalue weighted by molar-refractivity contribution is -0.143. The smallest absolute Gasteiger partial charge is 0.328 e. The van der Waals surface area contributed by atoms with Gasteiger partial charge < -0.3 is 15.4 Å². The van der Waals surface area contributed by atoms with Gasteiger partial charge >= 0.3 is 12.0 Å². The van der Waals surface area contributed by atoms with Crippen LogP contribution in [0, 0.1) is 5.92 Å². The average molecular weight is 333 g/mol. The van der Waals surface area contributed by atoms with Crippen LogP contribution in [-0.2, 0) is 9.53 Å². The quantitative estimate of drug-likeness (QED) is 0.808. The van der Waals surface area contributed by atoms with Gasteiger partial charge in [0, 0.05) is 5.02 Å². The first-order valence-electron chi connectivity index (χ1n) is 6.44. The minimum atomic E-state index is -0.715. The van der Waals surface area contributed by atoms with Crippen molar-refractivity contribution < 1.29 is 14.3 Å². The van der Waals surface area contributed by atoms with Crippen LogP contribution in [0.5, 0.6) is 0 Å². The molecule has 5 nitrogen and oxygen atoms in total. The molecule has 2 amide bonds. The van der Waals surface area contributed by atoms with E-state index in [9.17, 15) is 9.59 Å². The molecule has 7 heteroatoms. The highest BCUT2D eigenvalue weighted by Gasteiger charge is 2.22. The molecule has 0 fully saturated rings. The lowest BCUT2D eigenvalue weighted by atomic mass is 10.0. The number of halogens is 2. The summed E-state index contributed by atoms with van der Waals surface area (Å²) >= 11 is 11.8. The molecule has 0 aliphatic rings. The van der Waals surface area contributed by atoms with Crippen molar-refractivity contribution >= 4 is 40.9 Å². The van der Waals surface area contributed by atoms with E-state index in [1.807, 2.05) is 13.8 Å². The summed E-state index contributed by atoms with van der Waals surface area (Å²) in [7, 11) is 1.28. The van der Waals surface area contributed by atoms with Crippen molar-refractivity contribution in [3.8, 4) is 0 Å². The van der Waals surface area contributed by atoms with Crippen molar-refractivity contribution in [1.29, 1.82) is 0 Å². The summed E-state index contributed by atoms with van der Waals surface area (Å²) in [6.45, 7) is 3.90. The molecule has 0 saturated carbocycles. The Labute approximate surface area is 133 Å². The minimum Gasteiger partial charge on any atom is -0.467 e. The van der Waals surface area contributed by atoms with Crippen molar-refractivity contribution in [3.05, 3.63) is 28.2 Å². The molecular weight excluding hydrogens is 315 g/mol. The molecule has 0 bridgehead atoms. The van der Waals surface area contributed by atoms with Crippen molar-refractivity contribution in [2.24, 2.45) is 5.92 Å². The second-order valence-electron chi connectivity index (χ2n) is 4.93. The van der Waals surface area contributed by atoms with Crippen LogP contribution in [0.4, 0.5) is 10.5 Å². The fourth-order valence-electron chi connectivity index (χ4n) is 1.74. The number of carbonyl (C=O) groups excluding carboxylic acids is 2. The summed E-state index contributed by atoms with van der Waals surface area (Å²) < 4.78 is 4.68. The molecular formula is C14H18Cl2N2O3. The topological polar surface area (TPSA) is 67.4 Å². The standard InChI is InChI=1S/C14H18Cl2N2O3/c1-8(2)6-12(13(19)21-3)18-14(20)17-11-7-9(15)4-5-10(11)16/h4-5,7-8,12H,6H2,1-3H3,(H2,17,18,20). The number of benzene rings is 1. The van der Waals surface area contributed by atoms with E-state index in [4.69, 9.17) is 23.2 Å². The molecule has 0 spiro atoms.